The van der Waals surface area contributed by atoms with Crippen molar-refractivity contribution in [1.82, 2.24) is 24.8 Å². The molecule has 140 valence electrons. The number of anilines is 3. The fourth-order valence-electron chi connectivity index (χ4n) is 4.18. The number of piperazine rings is 1. The van der Waals surface area contributed by atoms with Gasteiger partial charge in [0.1, 0.15) is 18.7 Å². The summed E-state index contributed by atoms with van der Waals surface area (Å²) in [6, 6.07) is 2.03. The fourth-order valence-corrected chi connectivity index (χ4v) is 4.18. The Labute approximate surface area is 157 Å². The van der Waals surface area contributed by atoms with Gasteiger partial charge in [-0.25, -0.2) is 19.9 Å². The van der Waals surface area contributed by atoms with Crippen molar-refractivity contribution in [3.8, 4) is 0 Å². The highest BCUT2D eigenvalue weighted by atomic mass is 16.2. The Morgan fingerprint density at radius 2 is 1.89 bits per heavy atom. The summed E-state index contributed by atoms with van der Waals surface area (Å²) in [6.07, 6.45) is 6.98. The van der Waals surface area contributed by atoms with E-state index in [1.165, 1.54) is 12.7 Å². The number of hydrogen-bond acceptors (Lipinski definition) is 8. The van der Waals surface area contributed by atoms with E-state index >= 15 is 0 Å². The molecule has 1 unspecified atom stereocenters. The lowest BCUT2D eigenvalue weighted by atomic mass is 10.1. The van der Waals surface area contributed by atoms with E-state index in [1.807, 2.05) is 6.20 Å². The van der Waals surface area contributed by atoms with Gasteiger partial charge in [-0.1, -0.05) is 0 Å². The van der Waals surface area contributed by atoms with Gasteiger partial charge in [-0.2, -0.15) is 0 Å². The predicted octanol–water partition coefficient (Wildman–Crippen LogP) is 0.510. The number of fused-ring (bicyclic) bond motifs is 3. The van der Waals surface area contributed by atoms with E-state index in [9.17, 15) is 4.79 Å². The first-order valence-electron chi connectivity index (χ1n) is 9.44. The molecule has 1 atom stereocenters. The van der Waals surface area contributed by atoms with Gasteiger partial charge in [0, 0.05) is 45.5 Å². The lowest BCUT2D eigenvalue weighted by Gasteiger charge is -2.35. The molecule has 3 aliphatic rings. The summed E-state index contributed by atoms with van der Waals surface area (Å²) in [4.78, 5) is 36.0. The highest BCUT2D eigenvalue weighted by Gasteiger charge is 2.37. The number of rotatable bonds is 3. The van der Waals surface area contributed by atoms with Gasteiger partial charge in [0.2, 0.25) is 11.9 Å². The zero-order chi connectivity index (χ0) is 18.2. The van der Waals surface area contributed by atoms with Crippen molar-refractivity contribution in [2.24, 2.45) is 0 Å². The largest absolute Gasteiger partial charge is 0.343 e. The summed E-state index contributed by atoms with van der Waals surface area (Å²) in [5.41, 5.74) is 1.97. The van der Waals surface area contributed by atoms with Gasteiger partial charge in [0.05, 0.1) is 5.69 Å². The van der Waals surface area contributed by atoms with E-state index in [-0.39, 0.29) is 11.9 Å². The third-order valence-corrected chi connectivity index (χ3v) is 5.55. The van der Waals surface area contributed by atoms with Crippen molar-refractivity contribution in [2.45, 2.75) is 25.4 Å². The van der Waals surface area contributed by atoms with Gasteiger partial charge in [-0.05, 0) is 24.5 Å². The standard InChI is InChI=1S/C18H22N8O/c27-17-15-2-1-3-26(15)16-14(23-17)8-13(9-20-16)10-24-4-6-25(7-5-24)18-21-11-19-12-22-18/h8-9,11-12,15H,1-7,10H2,(H,23,27). The van der Waals surface area contributed by atoms with Crippen LogP contribution >= 0.6 is 0 Å². The zero-order valence-corrected chi connectivity index (χ0v) is 15.1. The molecule has 5 rings (SSSR count). The minimum Gasteiger partial charge on any atom is -0.343 e. The average Bonchev–Trinajstić information content (AvgIpc) is 3.20. The lowest BCUT2D eigenvalue weighted by Crippen LogP contribution is -2.46. The molecular formula is C18H22N8O. The minimum absolute atomic E-state index is 0.0423. The number of aromatic nitrogens is 4. The second kappa shape index (κ2) is 6.73. The van der Waals surface area contributed by atoms with Gasteiger partial charge >= 0.3 is 0 Å². The predicted molar refractivity (Wildman–Crippen MR) is 101 cm³/mol. The van der Waals surface area contributed by atoms with E-state index in [0.717, 1.165) is 75.1 Å². The molecule has 3 aliphatic heterocycles. The van der Waals surface area contributed by atoms with Crippen molar-refractivity contribution < 1.29 is 4.79 Å². The SMILES string of the molecule is O=C1Nc2cc(CN3CCN(c4ncncn4)CC3)cnc2N2CCCC12. The Kier molecular flexibility index (Phi) is 4.08. The number of nitrogens with one attached hydrogen (secondary N) is 1. The summed E-state index contributed by atoms with van der Waals surface area (Å²) < 4.78 is 0. The Balaban J connectivity index is 1.25. The fraction of sp³-hybridized carbons (Fsp3) is 0.500. The Bertz CT molecular complexity index is 837. The van der Waals surface area contributed by atoms with Crippen molar-refractivity contribution in [3.05, 3.63) is 30.5 Å². The number of carbonyl (C=O) groups is 1. The van der Waals surface area contributed by atoms with Crippen molar-refractivity contribution in [3.63, 3.8) is 0 Å². The van der Waals surface area contributed by atoms with Crippen molar-refractivity contribution >= 4 is 23.4 Å². The first-order chi connectivity index (χ1) is 13.3. The third kappa shape index (κ3) is 3.08. The summed E-state index contributed by atoms with van der Waals surface area (Å²) in [6.45, 7) is 5.37. The maximum atomic E-state index is 12.3. The molecule has 2 aromatic rings. The van der Waals surface area contributed by atoms with Crippen LogP contribution in [0.4, 0.5) is 17.5 Å². The van der Waals surface area contributed by atoms with Crippen LogP contribution in [0.2, 0.25) is 0 Å². The van der Waals surface area contributed by atoms with Crippen LogP contribution in [0.25, 0.3) is 0 Å². The van der Waals surface area contributed by atoms with E-state index in [1.54, 1.807) is 0 Å². The average molecular weight is 366 g/mol. The van der Waals surface area contributed by atoms with Gasteiger partial charge in [0.15, 0.2) is 5.82 Å². The molecule has 9 heteroatoms. The number of nitrogens with zero attached hydrogens (tertiary/aromatic N) is 7. The summed E-state index contributed by atoms with van der Waals surface area (Å²) >= 11 is 0. The first-order valence-corrected chi connectivity index (χ1v) is 9.44. The van der Waals surface area contributed by atoms with E-state index in [2.05, 4.69) is 46.0 Å². The molecule has 0 aliphatic carbocycles. The number of pyridine rings is 1. The minimum atomic E-state index is -0.0423. The van der Waals surface area contributed by atoms with Gasteiger partial charge < -0.3 is 15.1 Å². The van der Waals surface area contributed by atoms with E-state index < -0.39 is 0 Å². The topological polar surface area (TPSA) is 90.4 Å². The van der Waals surface area contributed by atoms with Crippen LogP contribution in [0.15, 0.2) is 24.9 Å². The Morgan fingerprint density at radius 1 is 1.07 bits per heavy atom. The normalized spacial score (nSPS) is 22.4. The monoisotopic (exact) mass is 366 g/mol. The maximum absolute atomic E-state index is 12.3. The van der Waals surface area contributed by atoms with Crippen LogP contribution in [-0.4, -0.2) is 69.5 Å². The molecule has 2 aromatic heterocycles. The molecule has 2 fully saturated rings. The highest BCUT2D eigenvalue weighted by Crippen LogP contribution is 2.35. The quantitative estimate of drug-likeness (QED) is 0.840. The Morgan fingerprint density at radius 3 is 2.70 bits per heavy atom. The summed E-state index contributed by atoms with van der Waals surface area (Å²) in [7, 11) is 0. The molecule has 0 radical (unpaired) electrons. The molecule has 27 heavy (non-hydrogen) atoms. The van der Waals surface area contributed by atoms with Crippen LogP contribution in [0.5, 0.6) is 0 Å². The molecule has 0 spiro atoms. The molecule has 2 saturated heterocycles. The third-order valence-electron chi connectivity index (χ3n) is 5.55. The van der Waals surface area contributed by atoms with Crippen molar-refractivity contribution in [1.29, 1.82) is 0 Å². The lowest BCUT2D eigenvalue weighted by molar-refractivity contribution is -0.117. The van der Waals surface area contributed by atoms with Crippen LogP contribution < -0.4 is 15.1 Å². The molecule has 9 nitrogen and oxygen atoms in total. The van der Waals surface area contributed by atoms with Crippen LogP contribution in [-0.2, 0) is 11.3 Å². The second-order valence-corrected chi connectivity index (χ2v) is 7.26. The maximum Gasteiger partial charge on any atom is 0.247 e. The smallest absolute Gasteiger partial charge is 0.247 e. The first kappa shape index (κ1) is 16.4. The molecule has 0 aromatic carbocycles. The van der Waals surface area contributed by atoms with Crippen LogP contribution in [0, 0.1) is 0 Å². The van der Waals surface area contributed by atoms with Gasteiger partial charge in [-0.15, -0.1) is 0 Å². The molecule has 0 saturated carbocycles. The molecule has 5 heterocycles. The van der Waals surface area contributed by atoms with Gasteiger partial charge in [0.25, 0.3) is 0 Å². The van der Waals surface area contributed by atoms with E-state index in [4.69, 9.17) is 0 Å². The molecule has 1 amide bonds. The van der Waals surface area contributed by atoms with Crippen molar-refractivity contribution in [2.75, 3.05) is 47.8 Å². The summed E-state index contributed by atoms with van der Waals surface area (Å²) in [5.74, 6) is 1.76. The summed E-state index contributed by atoms with van der Waals surface area (Å²) in [5, 5.41) is 3.05. The van der Waals surface area contributed by atoms with E-state index in [0.29, 0.717) is 0 Å². The second-order valence-electron chi connectivity index (χ2n) is 7.26. The molecular weight excluding hydrogens is 344 g/mol. The van der Waals surface area contributed by atoms with Crippen LogP contribution in [0.3, 0.4) is 0 Å². The molecule has 0 bridgehead atoms. The molecule has 1 N–H and O–H groups in total. The number of carbonyl (C=O) groups excluding carboxylic acids is 1. The number of amides is 1. The Hall–Kier alpha value is -2.81. The van der Waals surface area contributed by atoms with Gasteiger partial charge in [-0.3, -0.25) is 9.69 Å². The highest BCUT2D eigenvalue weighted by molar-refractivity contribution is 6.03. The number of hydrogen-bond donors (Lipinski definition) is 1. The van der Waals surface area contributed by atoms with Crippen LogP contribution in [0.1, 0.15) is 18.4 Å². The zero-order valence-electron chi connectivity index (χ0n) is 15.1.